The molecule has 2 aromatic heterocycles. The summed E-state index contributed by atoms with van der Waals surface area (Å²) in [6, 6.07) is 4.96. The molecule has 0 bridgehead atoms. The highest BCUT2D eigenvalue weighted by molar-refractivity contribution is 7.10. The molecule has 2 aliphatic heterocycles. The van der Waals surface area contributed by atoms with Gasteiger partial charge in [-0.1, -0.05) is 0 Å². The molecule has 0 saturated heterocycles. The van der Waals surface area contributed by atoms with Gasteiger partial charge in [0.1, 0.15) is 24.4 Å². The van der Waals surface area contributed by atoms with Gasteiger partial charge in [-0.2, -0.15) is 0 Å². The second kappa shape index (κ2) is 7.81. The number of carbonyl (C=O) groups excluding carboxylic acids is 2. The number of urea groups is 1. The fourth-order valence-corrected chi connectivity index (χ4v) is 4.97. The van der Waals surface area contributed by atoms with Crippen LogP contribution in [0.25, 0.3) is 0 Å². The quantitative estimate of drug-likeness (QED) is 0.665. The van der Waals surface area contributed by atoms with Gasteiger partial charge in [-0.25, -0.2) is 9.59 Å². The first-order chi connectivity index (χ1) is 13.6. The lowest BCUT2D eigenvalue weighted by Gasteiger charge is -2.34. The molecule has 4 heterocycles. The molecule has 2 aromatic rings. The Morgan fingerprint density at radius 3 is 3.04 bits per heavy atom. The van der Waals surface area contributed by atoms with Gasteiger partial charge in [0, 0.05) is 16.9 Å². The number of amides is 2. The smallest absolute Gasteiger partial charge is 0.338 e. The van der Waals surface area contributed by atoms with Crippen LogP contribution in [0.5, 0.6) is 0 Å². The normalized spacial score (nSPS) is 24.4. The fraction of sp³-hybridized carbons (Fsp3) is 0.400. The molecule has 4 rings (SSSR count). The summed E-state index contributed by atoms with van der Waals surface area (Å²) >= 11 is 1.80. The van der Waals surface area contributed by atoms with Gasteiger partial charge in [0.05, 0.1) is 30.7 Å². The molecule has 0 aliphatic carbocycles. The Labute approximate surface area is 167 Å². The molecule has 28 heavy (non-hydrogen) atoms. The molecule has 2 amide bonds. The van der Waals surface area contributed by atoms with Gasteiger partial charge in [0.15, 0.2) is 0 Å². The summed E-state index contributed by atoms with van der Waals surface area (Å²) in [6.07, 6.45) is 2.53. The number of thiophene rings is 1. The minimum Gasteiger partial charge on any atom is -0.467 e. The van der Waals surface area contributed by atoms with E-state index >= 15 is 0 Å². The molecule has 7 nitrogen and oxygen atoms in total. The molecule has 3 atom stereocenters. The van der Waals surface area contributed by atoms with E-state index in [1.165, 1.54) is 21.6 Å². The zero-order valence-corrected chi connectivity index (χ0v) is 16.7. The van der Waals surface area contributed by atoms with Crippen LogP contribution in [-0.4, -0.2) is 31.7 Å². The lowest BCUT2D eigenvalue weighted by molar-refractivity contribution is -0.927. The van der Waals surface area contributed by atoms with Crippen molar-refractivity contribution >= 4 is 23.3 Å². The predicted molar refractivity (Wildman–Crippen MR) is 104 cm³/mol. The van der Waals surface area contributed by atoms with E-state index in [0.29, 0.717) is 29.6 Å². The van der Waals surface area contributed by atoms with Crippen molar-refractivity contribution in [2.24, 2.45) is 0 Å². The summed E-state index contributed by atoms with van der Waals surface area (Å²) in [7, 11) is 0. The lowest BCUT2D eigenvalue weighted by atomic mass is 9.97. The highest BCUT2D eigenvalue weighted by Gasteiger charge is 2.38. The van der Waals surface area contributed by atoms with Crippen LogP contribution in [0.2, 0.25) is 0 Å². The molecule has 0 spiro atoms. The molecule has 2 aliphatic rings. The Hall–Kier alpha value is -2.58. The van der Waals surface area contributed by atoms with Crippen LogP contribution in [0, 0.1) is 0 Å². The van der Waals surface area contributed by atoms with Gasteiger partial charge in [-0.15, -0.1) is 11.3 Å². The molecule has 8 heteroatoms. The monoisotopic (exact) mass is 402 g/mol. The molecule has 0 radical (unpaired) electrons. The van der Waals surface area contributed by atoms with E-state index in [1.54, 1.807) is 30.4 Å². The average Bonchev–Trinajstić information content (AvgIpc) is 3.35. The van der Waals surface area contributed by atoms with Crippen molar-refractivity contribution in [1.82, 2.24) is 10.6 Å². The fourth-order valence-electron chi connectivity index (χ4n) is 3.99. The van der Waals surface area contributed by atoms with Crippen molar-refractivity contribution in [3.05, 3.63) is 57.3 Å². The Morgan fingerprint density at radius 2 is 2.29 bits per heavy atom. The van der Waals surface area contributed by atoms with Crippen LogP contribution in [0.15, 0.2) is 45.5 Å². The van der Waals surface area contributed by atoms with Gasteiger partial charge >= 0.3 is 12.0 Å². The zero-order chi connectivity index (χ0) is 19.7. The number of quaternary nitrogens is 1. The number of ether oxygens (including phenoxy) is 1. The number of carbonyl (C=O) groups is 2. The van der Waals surface area contributed by atoms with Gasteiger partial charge in [0.25, 0.3) is 0 Å². The maximum Gasteiger partial charge on any atom is 0.338 e. The first-order valence-electron chi connectivity index (χ1n) is 9.50. The highest BCUT2D eigenvalue weighted by atomic mass is 32.1. The lowest BCUT2D eigenvalue weighted by Crippen LogP contribution is -3.13. The number of nitrogens with one attached hydrogen (secondary N) is 3. The minimum absolute atomic E-state index is 0.264. The molecular formula is C20H24N3O4S+. The minimum atomic E-state index is -0.658. The van der Waals surface area contributed by atoms with Crippen LogP contribution in [0.1, 0.15) is 42.1 Å². The van der Waals surface area contributed by atoms with E-state index in [1.807, 2.05) is 0 Å². The largest absolute Gasteiger partial charge is 0.467 e. The Balaban J connectivity index is 1.69. The summed E-state index contributed by atoms with van der Waals surface area (Å²) < 4.78 is 10.8. The SMILES string of the molecule is CCOC(=O)C1=C(C[NH+]2CCc3sccc3[C@@H]2C)NC(=O)N[C@@H]1c1ccco1. The van der Waals surface area contributed by atoms with Crippen LogP contribution < -0.4 is 15.5 Å². The number of furan rings is 1. The van der Waals surface area contributed by atoms with Crippen LogP contribution in [0.4, 0.5) is 4.79 Å². The average molecular weight is 402 g/mol. The summed E-state index contributed by atoms with van der Waals surface area (Å²) in [4.78, 5) is 27.8. The van der Waals surface area contributed by atoms with Crippen LogP contribution >= 0.6 is 11.3 Å². The number of fused-ring (bicyclic) bond motifs is 1. The molecule has 0 fully saturated rings. The first kappa shape index (κ1) is 18.8. The Kier molecular flexibility index (Phi) is 5.23. The number of hydrogen-bond acceptors (Lipinski definition) is 5. The highest BCUT2D eigenvalue weighted by Crippen LogP contribution is 2.29. The molecule has 148 valence electrons. The van der Waals surface area contributed by atoms with E-state index in [0.717, 1.165) is 13.0 Å². The number of esters is 1. The van der Waals surface area contributed by atoms with Crippen molar-refractivity contribution in [2.45, 2.75) is 32.4 Å². The third-order valence-corrected chi connectivity index (χ3v) is 6.41. The van der Waals surface area contributed by atoms with E-state index in [4.69, 9.17) is 9.15 Å². The Morgan fingerprint density at radius 1 is 1.43 bits per heavy atom. The first-order valence-corrected chi connectivity index (χ1v) is 10.4. The van der Waals surface area contributed by atoms with E-state index in [-0.39, 0.29) is 12.6 Å². The van der Waals surface area contributed by atoms with Crippen LogP contribution in [-0.2, 0) is 16.0 Å². The third-order valence-electron chi connectivity index (χ3n) is 5.41. The maximum absolute atomic E-state index is 12.8. The van der Waals surface area contributed by atoms with Gasteiger partial charge in [-0.3, -0.25) is 0 Å². The van der Waals surface area contributed by atoms with Crippen molar-refractivity contribution in [2.75, 3.05) is 19.7 Å². The number of hydrogen-bond donors (Lipinski definition) is 3. The summed E-state index contributed by atoms with van der Waals surface area (Å²) in [5.74, 6) is 0.0731. The molecular weight excluding hydrogens is 378 g/mol. The number of rotatable bonds is 5. The molecule has 1 unspecified atom stereocenters. The van der Waals surface area contributed by atoms with E-state index in [9.17, 15) is 9.59 Å². The second-order valence-electron chi connectivity index (χ2n) is 7.02. The van der Waals surface area contributed by atoms with Crippen molar-refractivity contribution in [3.63, 3.8) is 0 Å². The van der Waals surface area contributed by atoms with Crippen molar-refractivity contribution in [3.8, 4) is 0 Å². The van der Waals surface area contributed by atoms with E-state index in [2.05, 4.69) is 29.0 Å². The van der Waals surface area contributed by atoms with Gasteiger partial charge in [0.2, 0.25) is 0 Å². The van der Waals surface area contributed by atoms with Gasteiger partial charge in [-0.05, 0) is 37.4 Å². The molecule has 0 aromatic carbocycles. The Bertz CT molecular complexity index is 902. The maximum atomic E-state index is 12.8. The van der Waals surface area contributed by atoms with Crippen molar-refractivity contribution in [1.29, 1.82) is 0 Å². The summed E-state index contributed by atoms with van der Waals surface area (Å²) in [5, 5.41) is 7.77. The van der Waals surface area contributed by atoms with Gasteiger partial charge < -0.3 is 24.7 Å². The third kappa shape index (κ3) is 3.45. The molecule has 0 saturated carbocycles. The molecule has 3 N–H and O–H groups in total. The standard InChI is InChI=1S/C20H23N3O4S/c1-3-26-19(24)17-14(21-20(25)22-18(17)15-5-4-9-27-15)11-23-8-6-16-13(12(23)2)7-10-28-16/h4-5,7,9-10,12,18H,3,6,8,11H2,1-2H3,(H2,21,22,25)/p+1/t12-,18+/m0/s1. The second-order valence-corrected chi connectivity index (χ2v) is 8.02. The van der Waals surface area contributed by atoms with Crippen LogP contribution in [0.3, 0.4) is 0 Å². The summed E-state index contributed by atoms with van der Waals surface area (Å²) in [5.41, 5.74) is 2.36. The van der Waals surface area contributed by atoms with Crippen molar-refractivity contribution < 1.29 is 23.6 Å². The zero-order valence-electron chi connectivity index (χ0n) is 15.9. The predicted octanol–water partition coefficient (Wildman–Crippen LogP) is 1.71. The topological polar surface area (TPSA) is 85.0 Å². The summed E-state index contributed by atoms with van der Waals surface area (Å²) in [6.45, 7) is 5.71. The van der Waals surface area contributed by atoms with E-state index < -0.39 is 12.0 Å².